The smallest absolute Gasteiger partial charge is 0.163 e. The van der Waals surface area contributed by atoms with Crippen molar-refractivity contribution in [1.29, 1.82) is 0 Å². The molecule has 1 aromatic rings. The number of hydrogen-bond donors (Lipinski definition) is 0. The molecule has 2 heterocycles. The standard InChI is InChI=1S/C25H38N4O/c1-24-9-7-18(28-12-3-4-13-28)15-17(24)5-6-19-20(24)8-10-25(2)21(19)16-22(23(25)30)29-14-11-26-27-29/h11,14,17-22H,3-10,12-13,15-16H2,1-2H3/t17-,18-,19+,20-,21-,22-,24-,25-/m0/s1. The van der Waals surface area contributed by atoms with Crippen molar-refractivity contribution >= 4 is 5.78 Å². The van der Waals surface area contributed by atoms with Crippen molar-refractivity contribution in [3.8, 4) is 0 Å². The predicted molar refractivity (Wildman–Crippen MR) is 116 cm³/mol. The minimum atomic E-state index is -0.145. The van der Waals surface area contributed by atoms with E-state index in [9.17, 15) is 4.79 Å². The molecular weight excluding hydrogens is 372 g/mol. The molecule has 5 nitrogen and oxygen atoms in total. The van der Waals surface area contributed by atoms with Crippen LogP contribution in [0.15, 0.2) is 12.4 Å². The van der Waals surface area contributed by atoms with E-state index in [1.54, 1.807) is 6.20 Å². The minimum Gasteiger partial charge on any atom is -0.300 e. The first-order valence-corrected chi connectivity index (χ1v) is 12.6. The normalized spacial score (nSPS) is 48.9. The summed E-state index contributed by atoms with van der Waals surface area (Å²) >= 11 is 0. The third-order valence-corrected chi connectivity index (χ3v) is 10.8. The van der Waals surface area contributed by atoms with Gasteiger partial charge in [-0.2, -0.15) is 0 Å². The molecule has 0 N–H and O–H groups in total. The Morgan fingerprint density at radius 1 is 1.00 bits per heavy atom. The van der Waals surface area contributed by atoms with Gasteiger partial charge in [-0.05, 0) is 106 Å². The number of Topliss-reactive ketones (excluding diaryl/α,β-unsaturated/α-hetero) is 1. The van der Waals surface area contributed by atoms with Crippen LogP contribution in [-0.4, -0.2) is 44.8 Å². The van der Waals surface area contributed by atoms with Crippen LogP contribution in [0.2, 0.25) is 0 Å². The van der Waals surface area contributed by atoms with Gasteiger partial charge in [-0.1, -0.05) is 19.1 Å². The molecule has 0 amide bonds. The number of rotatable bonds is 2. The molecule has 1 aliphatic heterocycles. The lowest BCUT2D eigenvalue weighted by Gasteiger charge is -2.60. The lowest BCUT2D eigenvalue weighted by atomic mass is 9.45. The second kappa shape index (κ2) is 6.88. The van der Waals surface area contributed by atoms with Crippen LogP contribution < -0.4 is 0 Å². The van der Waals surface area contributed by atoms with E-state index in [-0.39, 0.29) is 11.5 Å². The Labute approximate surface area is 181 Å². The van der Waals surface area contributed by atoms with Gasteiger partial charge in [0.2, 0.25) is 0 Å². The second-order valence-electron chi connectivity index (χ2n) is 11.8. The summed E-state index contributed by atoms with van der Waals surface area (Å²) < 4.78 is 1.84. The van der Waals surface area contributed by atoms with Crippen molar-refractivity contribution in [2.45, 2.75) is 90.1 Å². The predicted octanol–water partition coefficient (Wildman–Crippen LogP) is 4.51. The number of hydrogen-bond acceptors (Lipinski definition) is 4. The van der Waals surface area contributed by atoms with E-state index >= 15 is 0 Å². The van der Waals surface area contributed by atoms with Crippen LogP contribution in [0, 0.1) is 34.5 Å². The third kappa shape index (κ3) is 2.66. The first-order valence-electron chi connectivity index (χ1n) is 12.6. The van der Waals surface area contributed by atoms with Gasteiger partial charge in [0.15, 0.2) is 5.78 Å². The van der Waals surface area contributed by atoms with E-state index in [1.165, 1.54) is 64.5 Å². The molecule has 0 radical (unpaired) electrons. The van der Waals surface area contributed by atoms with Crippen molar-refractivity contribution < 1.29 is 4.79 Å². The van der Waals surface area contributed by atoms with E-state index in [2.05, 4.69) is 29.1 Å². The van der Waals surface area contributed by atoms with E-state index in [1.807, 2.05) is 10.9 Å². The van der Waals surface area contributed by atoms with Gasteiger partial charge in [0.1, 0.15) is 6.04 Å². The van der Waals surface area contributed by atoms with E-state index in [0.29, 0.717) is 17.1 Å². The molecule has 5 fully saturated rings. The molecule has 0 unspecified atom stereocenters. The quantitative estimate of drug-likeness (QED) is 0.720. The molecule has 4 saturated carbocycles. The molecule has 1 aromatic heterocycles. The molecule has 0 bridgehead atoms. The zero-order valence-corrected chi connectivity index (χ0v) is 18.8. The highest BCUT2D eigenvalue weighted by Gasteiger charge is 2.62. The average Bonchev–Trinajstić information content (AvgIpc) is 3.49. The van der Waals surface area contributed by atoms with Gasteiger partial charge in [0, 0.05) is 17.7 Å². The summed E-state index contributed by atoms with van der Waals surface area (Å²) in [4.78, 5) is 16.3. The maximum atomic E-state index is 13.5. The van der Waals surface area contributed by atoms with Crippen molar-refractivity contribution in [1.82, 2.24) is 19.9 Å². The lowest BCUT2D eigenvalue weighted by molar-refractivity contribution is -0.141. The number of carbonyl (C=O) groups excluding carboxylic acids is 1. The van der Waals surface area contributed by atoms with Crippen molar-refractivity contribution in [2.24, 2.45) is 34.5 Å². The van der Waals surface area contributed by atoms with Crippen LogP contribution in [0.3, 0.4) is 0 Å². The second-order valence-corrected chi connectivity index (χ2v) is 11.8. The molecule has 5 heteroatoms. The van der Waals surface area contributed by atoms with Gasteiger partial charge in [-0.15, -0.1) is 5.10 Å². The molecule has 6 rings (SSSR count). The van der Waals surface area contributed by atoms with Crippen molar-refractivity contribution in [2.75, 3.05) is 13.1 Å². The number of carbonyl (C=O) groups is 1. The Morgan fingerprint density at radius 2 is 1.83 bits per heavy atom. The Hall–Kier alpha value is -1.23. The third-order valence-electron chi connectivity index (χ3n) is 10.8. The van der Waals surface area contributed by atoms with Gasteiger partial charge in [0.05, 0.1) is 6.20 Å². The maximum absolute atomic E-state index is 13.5. The summed E-state index contributed by atoms with van der Waals surface area (Å²) in [7, 11) is 0. The van der Waals surface area contributed by atoms with Crippen LogP contribution in [0.4, 0.5) is 0 Å². The van der Waals surface area contributed by atoms with Gasteiger partial charge in [0.25, 0.3) is 0 Å². The molecule has 164 valence electrons. The molecular formula is C25H38N4O. The van der Waals surface area contributed by atoms with Gasteiger partial charge in [-0.3, -0.25) is 4.79 Å². The van der Waals surface area contributed by atoms with Gasteiger partial charge < -0.3 is 4.90 Å². The summed E-state index contributed by atoms with van der Waals surface area (Å²) in [5.74, 6) is 3.40. The molecule has 4 aliphatic carbocycles. The van der Waals surface area contributed by atoms with Crippen LogP contribution >= 0.6 is 0 Å². The number of fused-ring (bicyclic) bond motifs is 5. The van der Waals surface area contributed by atoms with Crippen LogP contribution in [0.5, 0.6) is 0 Å². The summed E-state index contributed by atoms with van der Waals surface area (Å²) in [6, 6.07) is 0.762. The average molecular weight is 411 g/mol. The topological polar surface area (TPSA) is 51.0 Å². The van der Waals surface area contributed by atoms with Crippen LogP contribution in [-0.2, 0) is 4.79 Å². The number of likely N-dealkylation sites (tertiary alicyclic amines) is 1. The van der Waals surface area contributed by atoms with E-state index < -0.39 is 0 Å². The summed E-state index contributed by atoms with van der Waals surface area (Å²) in [6.45, 7) is 7.60. The van der Waals surface area contributed by atoms with Crippen LogP contribution in [0.1, 0.15) is 84.1 Å². The van der Waals surface area contributed by atoms with Crippen molar-refractivity contribution in [3.63, 3.8) is 0 Å². The van der Waals surface area contributed by atoms with Crippen molar-refractivity contribution in [3.05, 3.63) is 12.4 Å². The highest BCUT2D eigenvalue weighted by Crippen LogP contribution is 2.66. The molecule has 5 aliphatic rings. The minimum absolute atomic E-state index is 0.0855. The first kappa shape index (κ1) is 19.5. The first-order chi connectivity index (χ1) is 14.5. The Balaban J connectivity index is 1.24. The van der Waals surface area contributed by atoms with Crippen LogP contribution in [0.25, 0.3) is 0 Å². The Bertz CT molecular complexity index is 802. The zero-order chi connectivity index (χ0) is 20.5. The maximum Gasteiger partial charge on any atom is 0.163 e. The molecule has 1 saturated heterocycles. The lowest BCUT2D eigenvalue weighted by Crippen LogP contribution is -2.55. The monoisotopic (exact) mass is 410 g/mol. The Morgan fingerprint density at radius 3 is 2.60 bits per heavy atom. The molecule has 30 heavy (non-hydrogen) atoms. The fraction of sp³-hybridized carbons (Fsp3) is 0.880. The highest BCUT2D eigenvalue weighted by atomic mass is 16.1. The number of ketones is 1. The van der Waals surface area contributed by atoms with Gasteiger partial charge in [-0.25, -0.2) is 4.68 Å². The molecule has 0 aromatic carbocycles. The SMILES string of the molecule is C[C@]12CC[C@H](N3CCCC3)C[C@@H]1CC[C@@H]1[C@@H]2CC[C@]2(C)C(=O)[C@@H](n3ccnn3)C[C@@H]12. The number of aromatic nitrogens is 3. The largest absolute Gasteiger partial charge is 0.300 e. The fourth-order valence-electron chi connectivity index (χ4n) is 9.07. The molecule has 8 atom stereocenters. The Kier molecular flexibility index (Phi) is 4.46. The fourth-order valence-corrected chi connectivity index (χ4v) is 9.07. The summed E-state index contributed by atoms with van der Waals surface area (Å²) in [5, 5.41) is 8.19. The molecule has 0 spiro atoms. The summed E-state index contributed by atoms with van der Waals surface area (Å²) in [6.07, 6.45) is 16.7. The summed E-state index contributed by atoms with van der Waals surface area (Å²) in [5.41, 5.74) is 0.350. The van der Waals surface area contributed by atoms with E-state index in [0.717, 1.165) is 36.6 Å². The van der Waals surface area contributed by atoms with Gasteiger partial charge >= 0.3 is 0 Å². The highest BCUT2D eigenvalue weighted by molar-refractivity contribution is 5.90. The zero-order valence-electron chi connectivity index (χ0n) is 18.8. The van der Waals surface area contributed by atoms with E-state index in [4.69, 9.17) is 0 Å². The number of nitrogens with zero attached hydrogens (tertiary/aromatic N) is 4.